The van der Waals surface area contributed by atoms with Crippen LogP contribution in [0.5, 0.6) is 5.75 Å². The minimum absolute atomic E-state index is 0.112. The molecule has 8 heteroatoms. The fourth-order valence-electron chi connectivity index (χ4n) is 3.37. The van der Waals surface area contributed by atoms with Crippen molar-refractivity contribution in [3.63, 3.8) is 0 Å². The van der Waals surface area contributed by atoms with E-state index in [0.717, 1.165) is 42.3 Å². The van der Waals surface area contributed by atoms with Gasteiger partial charge in [0.05, 0.1) is 18.6 Å². The van der Waals surface area contributed by atoms with Crippen LogP contribution in [0.4, 0.5) is 0 Å². The summed E-state index contributed by atoms with van der Waals surface area (Å²) < 4.78 is 30.5. The predicted octanol–water partition coefficient (Wildman–Crippen LogP) is 1.08. The van der Waals surface area contributed by atoms with E-state index in [0.29, 0.717) is 12.2 Å². The number of sulfone groups is 1. The van der Waals surface area contributed by atoms with Gasteiger partial charge in [0, 0.05) is 38.0 Å². The van der Waals surface area contributed by atoms with Crippen LogP contribution in [0.25, 0.3) is 0 Å². The zero-order valence-electron chi connectivity index (χ0n) is 15.6. The molecule has 26 heavy (non-hydrogen) atoms. The number of rotatable bonds is 7. The van der Waals surface area contributed by atoms with Crippen LogP contribution in [0.15, 0.2) is 24.3 Å². The number of methoxy groups -OCH3 is 1. The van der Waals surface area contributed by atoms with Crippen molar-refractivity contribution in [2.24, 2.45) is 7.05 Å². The minimum Gasteiger partial charge on any atom is -0.496 e. The molecule has 7 nitrogen and oxygen atoms in total. The summed E-state index contributed by atoms with van der Waals surface area (Å²) in [5.74, 6) is 3.07. The van der Waals surface area contributed by atoms with Gasteiger partial charge in [0.25, 0.3) is 0 Å². The first kappa shape index (κ1) is 18.8. The molecule has 3 rings (SSSR count). The fourth-order valence-corrected chi connectivity index (χ4v) is 5.17. The van der Waals surface area contributed by atoms with E-state index in [1.165, 1.54) is 0 Å². The Morgan fingerprint density at radius 3 is 2.81 bits per heavy atom. The van der Waals surface area contributed by atoms with Crippen molar-refractivity contribution in [1.82, 2.24) is 19.7 Å². The van der Waals surface area contributed by atoms with Crippen molar-refractivity contribution < 1.29 is 13.2 Å². The van der Waals surface area contributed by atoms with Gasteiger partial charge in [0.15, 0.2) is 15.7 Å². The van der Waals surface area contributed by atoms with Crippen LogP contribution >= 0.6 is 0 Å². The van der Waals surface area contributed by atoms with Gasteiger partial charge in [-0.05, 0) is 19.5 Å². The van der Waals surface area contributed by atoms with E-state index in [1.807, 2.05) is 43.0 Å². The molecule has 0 spiro atoms. The highest BCUT2D eigenvalue weighted by Crippen LogP contribution is 2.20. The average Bonchev–Trinajstić information content (AvgIpc) is 3.15. The lowest BCUT2D eigenvalue weighted by Crippen LogP contribution is -2.34. The maximum atomic E-state index is 11.6. The van der Waals surface area contributed by atoms with Crippen molar-refractivity contribution in [3.05, 3.63) is 41.5 Å². The summed E-state index contributed by atoms with van der Waals surface area (Å²) >= 11 is 0. The van der Waals surface area contributed by atoms with Crippen molar-refractivity contribution in [1.29, 1.82) is 0 Å². The number of nitrogens with zero attached hydrogens (tertiary/aromatic N) is 4. The van der Waals surface area contributed by atoms with Gasteiger partial charge in [0.1, 0.15) is 11.6 Å². The molecule has 1 aliphatic rings. The Hall–Kier alpha value is -1.93. The molecule has 0 aliphatic carbocycles. The van der Waals surface area contributed by atoms with Crippen molar-refractivity contribution in [3.8, 4) is 5.75 Å². The van der Waals surface area contributed by atoms with Crippen LogP contribution < -0.4 is 4.74 Å². The first-order valence-corrected chi connectivity index (χ1v) is 10.6. The number of likely N-dealkylation sites (N-methyl/N-ethyl adjacent to an activating group) is 1. The number of para-hydroxylation sites is 1. The number of benzene rings is 1. The lowest BCUT2D eigenvalue weighted by atomic mass is 10.1. The van der Waals surface area contributed by atoms with Gasteiger partial charge in [-0.25, -0.2) is 13.4 Å². The van der Waals surface area contributed by atoms with Crippen LogP contribution in [0, 0.1) is 0 Å². The largest absolute Gasteiger partial charge is 0.496 e. The van der Waals surface area contributed by atoms with E-state index < -0.39 is 9.84 Å². The standard InChI is InChI=1S/C18H26N4O3S/c1-21(15-9-11-26(23,24)13-15)10-8-18-19-17(20-22(18)2)12-14-6-4-5-7-16(14)25-3/h4-7,15H,8-13H2,1-3H3. The molecule has 0 bridgehead atoms. The molecule has 1 fully saturated rings. The molecule has 1 saturated heterocycles. The molecule has 142 valence electrons. The first-order valence-electron chi connectivity index (χ1n) is 8.79. The highest BCUT2D eigenvalue weighted by Gasteiger charge is 2.30. The topological polar surface area (TPSA) is 77.3 Å². The summed E-state index contributed by atoms with van der Waals surface area (Å²) in [7, 11) is 2.69. The molecule has 0 N–H and O–H groups in total. The molecule has 2 heterocycles. The normalized spacial score (nSPS) is 19.2. The molecule has 1 aliphatic heterocycles. The third-order valence-electron chi connectivity index (χ3n) is 4.96. The molecular formula is C18H26N4O3S. The Morgan fingerprint density at radius 2 is 2.12 bits per heavy atom. The number of hydrogen-bond donors (Lipinski definition) is 0. The van der Waals surface area contributed by atoms with Gasteiger partial charge < -0.3 is 9.64 Å². The second-order valence-electron chi connectivity index (χ2n) is 6.84. The Morgan fingerprint density at radius 1 is 1.35 bits per heavy atom. The van der Waals surface area contributed by atoms with Crippen LogP contribution in [0.1, 0.15) is 23.6 Å². The van der Waals surface area contributed by atoms with E-state index in [2.05, 4.69) is 15.0 Å². The van der Waals surface area contributed by atoms with Crippen molar-refractivity contribution in [2.75, 3.05) is 32.2 Å². The quantitative estimate of drug-likeness (QED) is 0.717. The Kier molecular flexibility index (Phi) is 5.62. The predicted molar refractivity (Wildman–Crippen MR) is 100 cm³/mol. The lowest BCUT2D eigenvalue weighted by Gasteiger charge is -2.22. The second kappa shape index (κ2) is 7.75. The molecule has 1 aromatic carbocycles. The lowest BCUT2D eigenvalue weighted by molar-refractivity contribution is 0.262. The molecule has 2 aromatic rings. The van der Waals surface area contributed by atoms with Crippen LogP contribution in [-0.2, 0) is 29.7 Å². The Bertz CT molecular complexity index is 863. The number of aryl methyl sites for hydroxylation is 1. The van der Waals surface area contributed by atoms with Gasteiger partial charge in [-0.3, -0.25) is 4.68 Å². The van der Waals surface area contributed by atoms with Gasteiger partial charge in [-0.2, -0.15) is 5.10 Å². The maximum absolute atomic E-state index is 11.6. The molecule has 0 radical (unpaired) electrons. The van der Waals surface area contributed by atoms with Crippen molar-refractivity contribution in [2.45, 2.75) is 25.3 Å². The third kappa shape index (κ3) is 4.42. The summed E-state index contributed by atoms with van der Waals surface area (Å²) in [5.41, 5.74) is 1.06. The summed E-state index contributed by atoms with van der Waals surface area (Å²) in [6, 6.07) is 7.99. The molecule has 1 aromatic heterocycles. The smallest absolute Gasteiger partial charge is 0.155 e. The third-order valence-corrected chi connectivity index (χ3v) is 6.71. The highest BCUT2D eigenvalue weighted by atomic mass is 32.2. The Balaban J connectivity index is 1.61. The first-order chi connectivity index (χ1) is 12.4. The zero-order chi connectivity index (χ0) is 18.7. The van der Waals surface area contributed by atoms with Gasteiger partial charge in [-0.1, -0.05) is 18.2 Å². The monoisotopic (exact) mass is 378 g/mol. The van der Waals surface area contributed by atoms with Crippen LogP contribution in [-0.4, -0.2) is 66.3 Å². The van der Waals surface area contributed by atoms with Gasteiger partial charge in [-0.15, -0.1) is 0 Å². The number of aromatic nitrogens is 3. The number of ether oxygens (including phenoxy) is 1. The fraction of sp³-hybridized carbons (Fsp3) is 0.556. The van der Waals surface area contributed by atoms with E-state index in [-0.39, 0.29) is 11.8 Å². The van der Waals surface area contributed by atoms with E-state index in [9.17, 15) is 8.42 Å². The molecule has 1 unspecified atom stereocenters. The van der Waals surface area contributed by atoms with E-state index in [4.69, 9.17) is 4.74 Å². The van der Waals surface area contributed by atoms with Crippen LogP contribution in [0.3, 0.4) is 0 Å². The molecule has 0 saturated carbocycles. The molecule has 0 amide bonds. The SMILES string of the molecule is COc1ccccc1Cc1nc(CCN(C)C2CCS(=O)(=O)C2)n(C)n1. The van der Waals surface area contributed by atoms with Gasteiger partial charge in [0.2, 0.25) is 0 Å². The summed E-state index contributed by atoms with van der Waals surface area (Å²) in [6.07, 6.45) is 2.08. The summed E-state index contributed by atoms with van der Waals surface area (Å²) in [6.45, 7) is 0.765. The maximum Gasteiger partial charge on any atom is 0.155 e. The summed E-state index contributed by atoms with van der Waals surface area (Å²) in [4.78, 5) is 6.78. The van der Waals surface area contributed by atoms with E-state index in [1.54, 1.807) is 7.11 Å². The average molecular weight is 378 g/mol. The van der Waals surface area contributed by atoms with Crippen LogP contribution in [0.2, 0.25) is 0 Å². The zero-order valence-corrected chi connectivity index (χ0v) is 16.4. The Labute approximate surface area is 154 Å². The molecular weight excluding hydrogens is 352 g/mol. The van der Waals surface area contributed by atoms with Crippen molar-refractivity contribution >= 4 is 9.84 Å². The minimum atomic E-state index is -2.86. The second-order valence-corrected chi connectivity index (χ2v) is 9.07. The highest BCUT2D eigenvalue weighted by molar-refractivity contribution is 7.91. The summed E-state index contributed by atoms with van der Waals surface area (Å²) in [5, 5.41) is 4.52. The van der Waals surface area contributed by atoms with E-state index >= 15 is 0 Å². The molecule has 1 atom stereocenters. The number of hydrogen-bond acceptors (Lipinski definition) is 6. The van der Waals surface area contributed by atoms with Gasteiger partial charge >= 0.3 is 0 Å².